The smallest absolute Gasteiger partial charge is 0.243 e. The van der Waals surface area contributed by atoms with Gasteiger partial charge in [-0.25, -0.2) is 17.5 Å². The molecule has 0 bridgehead atoms. The van der Waals surface area contributed by atoms with Crippen LogP contribution in [-0.4, -0.2) is 39.0 Å². The van der Waals surface area contributed by atoms with Gasteiger partial charge in [-0.15, -0.1) is 0 Å². The van der Waals surface area contributed by atoms with E-state index in [4.69, 9.17) is 0 Å². The molecule has 0 aromatic heterocycles. The summed E-state index contributed by atoms with van der Waals surface area (Å²) in [4.78, 5) is 1.89. The largest absolute Gasteiger partial charge is 0.304 e. The van der Waals surface area contributed by atoms with E-state index in [1.165, 1.54) is 12.1 Å². The lowest BCUT2D eigenvalue weighted by Gasteiger charge is -2.35. The standard InChI is InChI=1S/C13H18BrFN2O2S/c1-9-7-11(5-6-17(9)2)16-20(18,19)13-4-3-10(14)8-12(13)15/h3-4,8-9,11,16H,5-7H2,1-2H3. The Bertz CT molecular complexity index is 594. The van der Waals surface area contributed by atoms with Gasteiger partial charge < -0.3 is 4.90 Å². The molecule has 112 valence electrons. The van der Waals surface area contributed by atoms with E-state index >= 15 is 0 Å². The highest BCUT2D eigenvalue weighted by Crippen LogP contribution is 2.22. The number of likely N-dealkylation sites (tertiary alicyclic amines) is 1. The van der Waals surface area contributed by atoms with Gasteiger partial charge in [0.15, 0.2) is 0 Å². The van der Waals surface area contributed by atoms with Crippen LogP contribution in [0.25, 0.3) is 0 Å². The highest BCUT2D eigenvalue weighted by atomic mass is 79.9. The Morgan fingerprint density at radius 2 is 2.15 bits per heavy atom. The quantitative estimate of drug-likeness (QED) is 0.895. The highest BCUT2D eigenvalue weighted by molar-refractivity contribution is 9.10. The average molecular weight is 365 g/mol. The first-order valence-corrected chi connectivity index (χ1v) is 8.75. The lowest BCUT2D eigenvalue weighted by molar-refractivity contribution is 0.178. The summed E-state index contributed by atoms with van der Waals surface area (Å²) in [5.74, 6) is -0.743. The van der Waals surface area contributed by atoms with Crippen molar-refractivity contribution in [2.45, 2.75) is 36.7 Å². The van der Waals surface area contributed by atoms with Crippen molar-refractivity contribution in [3.63, 3.8) is 0 Å². The van der Waals surface area contributed by atoms with Crippen LogP contribution >= 0.6 is 15.9 Å². The van der Waals surface area contributed by atoms with Crippen LogP contribution in [0.5, 0.6) is 0 Å². The zero-order valence-electron chi connectivity index (χ0n) is 11.4. The Hall–Kier alpha value is -0.500. The van der Waals surface area contributed by atoms with Crippen molar-refractivity contribution in [3.05, 3.63) is 28.5 Å². The van der Waals surface area contributed by atoms with Crippen LogP contribution in [0.2, 0.25) is 0 Å². The fraction of sp³-hybridized carbons (Fsp3) is 0.538. The van der Waals surface area contributed by atoms with Crippen molar-refractivity contribution in [3.8, 4) is 0 Å². The molecule has 0 spiro atoms. The van der Waals surface area contributed by atoms with Crippen molar-refractivity contribution in [2.24, 2.45) is 0 Å². The van der Waals surface area contributed by atoms with E-state index in [-0.39, 0.29) is 10.9 Å². The van der Waals surface area contributed by atoms with Crippen molar-refractivity contribution < 1.29 is 12.8 Å². The van der Waals surface area contributed by atoms with Crippen LogP contribution in [0.4, 0.5) is 4.39 Å². The van der Waals surface area contributed by atoms with Gasteiger partial charge in [0.05, 0.1) is 0 Å². The number of benzene rings is 1. The molecule has 1 heterocycles. The summed E-state index contributed by atoms with van der Waals surface area (Å²) in [6.45, 7) is 2.89. The number of nitrogens with zero attached hydrogens (tertiary/aromatic N) is 1. The maximum atomic E-state index is 13.8. The normalized spacial score (nSPS) is 24.8. The Balaban J connectivity index is 2.15. The summed E-state index contributed by atoms with van der Waals surface area (Å²) in [6.07, 6.45) is 1.46. The van der Waals surface area contributed by atoms with Crippen LogP contribution in [0.15, 0.2) is 27.6 Å². The number of rotatable bonds is 3. The van der Waals surface area contributed by atoms with E-state index in [0.29, 0.717) is 10.5 Å². The first-order chi connectivity index (χ1) is 9.29. The van der Waals surface area contributed by atoms with E-state index in [0.717, 1.165) is 25.5 Å². The molecule has 20 heavy (non-hydrogen) atoms. The predicted octanol–water partition coefficient (Wildman–Crippen LogP) is 2.35. The lowest BCUT2D eigenvalue weighted by Crippen LogP contribution is -2.47. The molecule has 0 amide bonds. The third kappa shape index (κ3) is 3.58. The second kappa shape index (κ2) is 6.09. The van der Waals surface area contributed by atoms with Crippen molar-refractivity contribution in [2.75, 3.05) is 13.6 Å². The van der Waals surface area contributed by atoms with E-state index in [1.54, 1.807) is 0 Å². The minimum atomic E-state index is -3.81. The Kier molecular flexibility index (Phi) is 4.84. The molecule has 1 aromatic carbocycles. The van der Waals surface area contributed by atoms with Crippen molar-refractivity contribution >= 4 is 26.0 Å². The monoisotopic (exact) mass is 364 g/mol. The summed E-state index contributed by atoms with van der Waals surface area (Å²) >= 11 is 3.12. The molecular formula is C13H18BrFN2O2S. The molecule has 7 heteroatoms. The van der Waals surface area contributed by atoms with Gasteiger partial charge in [0.25, 0.3) is 0 Å². The number of hydrogen-bond donors (Lipinski definition) is 1. The molecule has 4 nitrogen and oxygen atoms in total. The minimum Gasteiger partial charge on any atom is -0.304 e. The van der Waals surface area contributed by atoms with Gasteiger partial charge >= 0.3 is 0 Å². The zero-order chi connectivity index (χ0) is 14.9. The van der Waals surface area contributed by atoms with Crippen LogP contribution in [0.3, 0.4) is 0 Å². The molecule has 2 rings (SSSR count). The van der Waals surface area contributed by atoms with E-state index in [2.05, 4.69) is 32.5 Å². The second-order valence-electron chi connectivity index (χ2n) is 5.25. The third-order valence-corrected chi connectivity index (χ3v) is 5.76. The number of piperidine rings is 1. The molecular weight excluding hydrogens is 347 g/mol. The molecule has 2 unspecified atom stereocenters. The van der Waals surface area contributed by atoms with Gasteiger partial charge in [0.2, 0.25) is 10.0 Å². The zero-order valence-corrected chi connectivity index (χ0v) is 13.8. The van der Waals surface area contributed by atoms with E-state index in [9.17, 15) is 12.8 Å². The molecule has 0 saturated carbocycles. The Morgan fingerprint density at radius 3 is 2.75 bits per heavy atom. The van der Waals surface area contributed by atoms with E-state index < -0.39 is 15.8 Å². The van der Waals surface area contributed by atoms with Gasteiger partial charge in [0.1, 0.15) is 10.7 Å². The van der Waals surface area contributed by atoms with Crippen LogP contribution < -0.4 is 4.72 Å². The van der Waals surface area contributed by atoms with Crippen LogP contribution in [-0.2, 0) is 10.0 Å². The predicted molar refractivity (Wildman–Crippen MR) is 79.5 cm³/mol. The van der Waals surface area contributed by atoms with Crippen LogP contribution in [0, 0.1) is 5.82 Å². The number of halogens is 2. The number of sulfonamides is 1. The van der Waals surface area contributed by atoms with Gasteiger partial charge in [-0.3, -0.25) is 0 Å². The fourth-order valence-electron chi connectivity index (χ4n) is 2.37. The maximum Gasteiger partial charge on any atom is 0.243 e. The van der Waals surface area contributed by atoms with Gasteiger partial charge in [-0.05, 0) is 51.6 Å². The fourth-order valence-corrected chi connectivity index (χ4v) is 4.05. The molecule has 2 atom stereocenters. The van der Waals surface area contributed by atoms with Gasteiger partial charge in [-0.1, -0.05) is 15.9 Å². The summed E-state index contributed by atoms with van der Waals surface area (Å²) in [7, 11) is -1.79. The Morgan fingerprint density at radius 1 is 1.45 bits per heavy atom. The van der Waals surface area contributed by atoms with Crippen molar-refractivity contribution in [1.29, 1.82) is 0 Å². The van der Waals surface area contributed by atoms with Gasteiger partial charge in [-0.2, -0.15) is 0 Å². The first kappa shape index (κ1) is 15.9. The summed E-state index contributed by atoms with van der Waals surface area (Å²) in [5, 5.41) is 0. The molecule has 1 fully saturated rings. The molecule has 1 saturated heterocycles. The minimum absolute atomic E-state index is 0.144. The maximum absolute atomic E-state index is 13.8. The highest BCUT2D eigenvalue weighted by Gasteiger charge is 2.28. The summed E-state index contributed by atoms with van der Waals surface area (Å²) in [6, 6.07) is 4.13. The molecule has 0 radical (unpaired) electrons. The molecule has 1 aromatic rings. The summed E-state index contributed by atoms with van der Waals surface area (Å²) in [5.41, 5.74) is 0. The summed E-state index contributed by atoms with van der Waals surface area (Å²) < 4.78 is 41.4. The Labute approximate surface area is 127 Å². The lowest BCUT2D eigenvalue weighted by atomic mass is 10.0. The van der Waals surface area contributed by atoms with E-state index in [1.807, 2.05) is 7.05 Å². The second-order valence-corrected chi connectivity index (χ2v) is 7.85. The number of hydrogen-bond acceptors (Lipinski definition) is 3. The first-order valence-electron chi connectivity index (χ1n) is 6.47. The topological polar surface area (TPSA) is 49.4 Å². The third-order valence-electron chi connectivity index (χ3n) is 3.71. The average Bonchev–Trinajstić information content (AvgIpc) is 2.33. The molecule has 1 N–H and O–H groups in total. The SMILES string of the molecule is CC1CC(NS(=O)(=O)c2ccc(Br)cc2F)CCN1C. The molecule has 0 aliphatic carbocycles. The van der Waals surface area contributed by atoms with Crippen molar-refractivity contribution in [1.82, 2.24) is 9.62 Å². The molecule has 1 aliphatic rings. The van der Waals surface area contributed by atoms with Gasteiger partial charge in [0, 0.05) is 16.6 Å². The molecule has 1 aliphatic heterocycles. The number of nitrogens with one attached hydrogen (secondary N) is 1. The van der Waals surface area contributed by atoms with Crippen LogP contribution in [0.1, 0.15) is 19.8 Å².